The standard InChI is InChI=1S/C14H21NO2/c1-11(13-10-16-14(2,3)17-13)15-9-12-7-5-4-6-8-12/h4-8,11,13,15H,9-10H2,1-3H3/t11-,13-/m0/s1. The van der Waals surface area contributed by atoms with Gasteiger partial charge in [-0.25, -0.2) is 0 Å². The molecule has 0 spiro atoms. The molecule has 0 aliphatic carbocycles. The molecule has 1 aromatic rings. The van der Waals surface area contributed by atoms with Crippen molar-refractivity contribution >= 4 is 0 Å². The van der Waals surface area contributed by atoms with Crippen molar-refractivity contribution in [3.8, 4) is 0 Å². The van der Waals surface area contributed by atoms with Crippen LogP contribution in [0.15, 0.2) is 30.3 Å². The number of benzene rings is 1. The highest BCUT2D eigenvalue weighted by atomic mass is 16.7. The molecule has 1 aliphatic heterocycles. The summed E-state index contributed by atoms with van der Waals surface area (Å²) in [4.78, 5) is 0. The Kier molecular flexibility index (Phi) is 3.82. The SMILES string of the molecule is C[C@H](NCc1ccccc1)[C@@H]1COC(C)(C)O1. The smallest absolute Gasteiger partial charge is 0.163 e. The lowest BCUT2D eigenvalue weighted by atomic mass is 10.1. The van der Waals surface area contributed by atoms with Gasteiger partial charge in [-0.15, -0.1) is 0 Å². The van der Waals surface area contributed by atoms with E-state index in [1.165, 1.54) is 5.56 Å². The molecule has 1 fully saturated rings. The van der Waals surface area contributed by atoms with E-state index in [2.05, 4.69) is 36.5 Å². The van der Waals surface area contributed by atoms with Crippen molar-refractivity contribution < 1.29 is 9.47 Å². The van der Waals surface area contributed by atoms with Gasteiger partial charge in [-0.05, 0) is 26.3 Å². The van der Waals surface area contributed by atoms with Gasteiger partial charge < -0.3 is 14.8 Å². The summed E-state index contributed by atoms with van der Waals surface area (Å²) in [5.74, 6) is -0.437. The molecule has 3 heteroatoms. The van der Waals surface area contributed by atoms with Gasteiger partial charge in [0, 0.05) is 12.6 Å². The normalized spacial score (nSPS) is 24.8. The van der Waals surface area contributed by atoms with Gasteiger partial charge in [-0.1, -0.05) is 30.3 Å². The maximum atomic E-state index is 5.81. The van der Waals surface area contributed by atoms with Crippen LogP contribution in [0.5, 0.6) is 0 Å². The summed E-state index contributed by atoms with van der Waals surface area (Å²) >= 11 is 0. The van der Waals surface area contributed by atoms with Crippen molar-refractivity contribution in [3.63, 3.8) is 0 Å². The van der Waals surface area contributed by atoms with Crippen molar-refractivity contribution in [1.82, 2.24) is 5.32 Å². The molecule has 94 valence electrons. The lowest BCUT2D eigenvalue weighted by molar-refractivity contribution is -0.141. The van der Waals surface area contributed by atoms with Crippen LogP contribution in [0.4, 0.5) is 0 Å². The average molecular weight is 235 g/mol. The van der Waals surface area contributed by atoms with Crippen LogP contribution in [0, 0.1) is 0 Å². The molecule has 0 amide bonds. The summed E-state index contributed by atoms with van der Waals surface area (Å²) in [5.41, 5.74) is 1.29. The molecule has 17 heavy (non-hydrogen) atoms. The molecule has 1 heterocycles. The molecule has 0 aromatic heterocycles. The quantitative estimate of drug-likeness (QED) is 0.868. The summed E-state index contributed by atoms with van der Waals surface area (Å²) in [6.45, 7) is 7.57. The van der Waals surface area contributed by atoms with Crippen molar-refractivity contribution in [1.29, 1.82) is 0 Å². The Morgan fingerprint density at radius 2 is 2.06 bits per heavy atom. The van der Waals surface area contributed by atoms with Gasteiger partial charge in [0.25, 0.3) is 0 Å². The Hall–Kier alpha value is -0.900. The molecule has 2 rings (SSSR count). The Balaban J connectivity index is 1.80. The third-order valence-corrected chi connectivity index (χ3v) is 3.06. The predicted octanol–water partition coefficient (Wildman–Crippen LogP) is 2.32. The first kappa shape index (κ1) is 12.6. The van der Waals surface area contributed by atoms with E-state index < -0.39 is 5.79 Å². The molecule has 0 unspecified atom stereocenters. The van der Waals surface area contributed by atoms with Crippen LogP contribution in [0.3, 0.4) is 0 Å². The second kappa shape index (κ2) is 5.17. The number of hydrogen-bond acceptors (Lipinski definition) is 3. The van der Waals surface area contributed by atoms with Crippen LogP contribution in [0.25, 0.3) is 0 Å². The number of hydrogen-bond donors (Lipinski definition) is 1. The predicted molar refractivity (Wildman–Crippen MR) is 67.6 cm³/mol. The molecule has 0 radical (unpaired) electrons. The fourth-order valence-corrected chi connectivity index (χ4v) is 1.97. The van der Waals surface area contributed by atoms with Gasteiger partial charge in [-0.3, -0.25) is 0 Å². The third kappa shape index (κ3) is 3.53. The van der Waals surface area contributed by atoms with Gasteiger partial charge >= 0.3 is 0 Å². The van der Waals surface area contributed by atoms with E-state index >= 15 is 0 Å². The average Bonchev–Trinajstić information content (AvgIpc) is 2.68. The zero-order valence-corrected chi connectivity index (χ0v) is 10.8. The van der Waals surface area contributed by atoms with Gasteiger partial charge in [0.05, 0.1) is 12.7 Å². The van der Waals surface area contributed by atoms with E-state index in [-0.39, 0.29) is 12.1 Å². The van der Waals surface area contributed by atoms with Crippen LogP contribution in [0.2, 0.25) is 0 Å². The van der Waals surface area contributed by atoms with Crippen LogP contribution >= 0.6 is 0 Å². The van der Waals surface area contributed by atoms with Crippen molar-refractivity contribution in [2.24, 2.45) is 0 Å². The van der Waals surface area contributed by atoms with Gasteiger partial charge in [0.15, 0.2) is 5.79 Å². The fraction of sp³-hybridized carbons (Fsp3) is 0.571. The van der Waals surface area contributed by atoms with Crippen LogP contribution in [-0.4, -0.2) is 24.5 Å². The molecule has 0 bridgehead atoms. The largest absolute Gasteiger partial charge is 0.348 e. The maximum Gasteiger partial charge on any atom is 0.163 e. The highest BCUT2D eigenvalue weighted by Gasteiger charge is 2.35. The molecular weight excluding hydrogens is 214 g/mol. The minimum atomic E-state index is -0.437. The summed E-state index contributed by atoms with van der Waals surface area (Å²) in [6, 6.07) is 10.7. The first-order valence-corrected chi connectivity index (χ1v) is 6.16. The zero-order valence-electron chi connectivity index (χ0n) is 10.8. The third-order valence-electron chi connectivity index (χ3n) is 3.06. The first-order chi connectivity index (χ1) is 8.07. The topological polar surface area (TPSA) is 30.5 Å². The minimum absolute atomic E-state index is 0.133. The molecular formula is C14H21NO2. The molecule has 1 aromatic carbocycles. The van der Waals surface area contributed by atoms with E-state index in [4.69, 9.17) is 9.47 Å². The monoisotopic (exact) mass is 235 g/mol. The second-order valence-electron chi connectivity index (χ2n) is 5.02. The Morgan fingerprint density at radius 3 is 2.65 bits per heavy atom. The summed E-state index contributed by atoms with van der Waals surface area (Å²) in [7, 11) is 0. The molecule has 1 saturated heterocycles. The van der Waals surface area contributed by atoms with E-state index in [1.807, 2.05) is 19.9 Å². The highest BCUT2D eigenvalue weighted by molar-refractivity contribution is 5.14. The zero-order chi connectivity index (χ0) is 12.3. The Morgan fingerprint density at radius 1 is 1.35 bits per heavy atom. The lowest BCUT2D eigenvalue weighted by Gasteiger charge is -2.22. The van der Waals surface area contributed by atoms with Gasteiger partial charge in [-0.2, -0.15) is 0 Å². The first-order valence-electron chi connectivity index (χ1n) is 6.16. The minimum Gasteiger partial charge on any atom is -0.348 e. The van der Waals surface area contributed by atoms with Crippen molar-refractivity contribution in [2.45, 2.75) is 45.2 Å². The molecule has 2 atom stereocenters. The summed E-state index contributed by atoms with van der Waals surface area (Å²) in [6.07, 6.45) is 0.133. The number of nitrogens with one attached hydrogen (secondary N) is 1. The van der Waals surface area contributed by atoms with Crippen molar-refractivity contribution in [3.05, 3.63) is 35.9 Å². The summed E-state index contributed by atoms with van der Waals surface area (Å²) < 4.78 is 11.4. The fourth-order valence-electron chi connectivity index (χ4n) is 1.97. The van der Waals surface area contributed by atoms with E-state index in [1.54, 1.807) is 0 Å². The molecule has 1 aliphatic rings. The highest BCUT2D eigenvalue weighted by Crippen LogP contribution is 2.24. The van der Waals surface area contributed by atoms with Crippen LogP contribution < -0.4 is 5.32 Å². The number of rotatable bonds is 4. The van der Waals surface area contributed by atoms with E-state index in [0.717, 1.165) is 6.54 Å². The lowest BCUT2D eigenvalue weighted by Crippen LogP contribution is -2.39. The Labute approximate surface area is 103 Å². The second-order valence-corrected chi connectivity index (χ2v) is 5.02. The van der Waals surface area contributed by atoms with Crippen LogP contribution in [0.1, 0.15) is 26.3 Å². The number of ether oxygens (including phenoxy) is 2. The van der Waals surface area contributed by atoms with Crippen molar-refractivity contribution in [2.75, 3.05) is 6.61 Å². The summed E-state index contributed by atoms with van der Waals surface area (Å²) in [5, 5.41) is 3.47. The molecule has 3 nitrogen and oxygen atoms in total. The van der Waals surface area contributed by atoms with E-state index in [0.29, 0.717) is 6.61 Å². The molecule has 0 saturated carbocycles. The van der Waals surface area contributed by atoms with E-state index in [9.17, 15) is 0 Å². The van der Waals surface area contributed by atoms with Gasteiger partial charge in [0.1, 0.15) is 0 Å². The van der Waals surface area contributed by atoms with Crippen LogP contribution in [-0.2, 0) is 16.0 Å². The van der Waals surface area contributed by atoms with Gasteiger partial charge in [0.2, 0.25) is 0 Å². The Bertz CT molecular complexity index is 350. The maximum absolute atomic E-state index is 5.81. The molecule has 1 N–H and O–H groups in total.